The van der Waals surface area contributed by atoms with Crippen LogP contribution in [0.4, 0.5) is 5.95 Å². The third-order valence-corrected chi connectivity index (χ3v) is 4.25. The lowest BCUT2D eigenvalue weighted by Gasteiger charge is -2.16. The van der Waals surface area contributed by atoms with E-state index in [-0.39, 0.29) is 17.6 Å². The number of hydrogen-bond acceptors (Lipinski definition) is 9. The molecule has 0 saturated carbocycles. The zero-order chi connectivity index (χ0) is 18.8. The molecule has 0 saturated heterocycles. The fourth-order valence-corrected chi connectivity index (χ4v) is 2.86. The van der Waals surface area contributed by atoms with Crippen molar-refractivity contribution in [2.75, 3.05) is 19.6 Å². The monoisotopic (exact) mass is 360 g/mol. The highest BCUT2D eigenvalue weighted by molar-refractivity contribution is 6.03. The van der Waals surface area contributed by atoms with Crippen molar-refractivity contribution in [2.45, 2.75) is 12.5 Å². The molecule has 0 spiro atoms. The van der Waals surface area contributed by atoms with Crippen LogP contribution in [0.5, 0.6) is 17.4 Å². The normalized spacial score (nSPS) is 16.0. The Bertz CT molecular complexity index is 924. The number of hydrazine groups is 1. The number of nitrogen functional groups attached to an aromatic ring is 1. The van der Waals surface area contributed by atoms with Gasteiger partial charge in [-0.15, -0.1) is 0 Å². The summed E-state index contributed by atoms with van der Waals surface area (Å²) in [7, 11) is 4.65. The molecule has 10 nitrogen and oxygen atoms in total. The molecule has 0 amide bonds. The van der Waals surface area contributed by atoms with E-state index in [4.69, 9.17) is 15.3 Å². The molecule has 138 valence electrons. The standard InChI is InChI=1S/C16H20N6O4/c1-22-15(24)13(14(23)18-16(22)19-17)11-7-10(20-21-11)9-6-8(25-2)4-5-12(9)26-3/h4-6,10,20,23H,7,17H2,1-3H3,(H,18,19). The first-order valence-electron chi connectivity index (χ1n) is 7.81. The first-order valence-corrected chi connectivity index (χ1v) is 7.81. The lowest BCUT2D eigenvalue weighted by Crippen LogP contribution is -2.29. The maximum absolute atomic E-state index is 12.5. The quantitative estimate of drug-likeness (QED) is 0.439. The molecule has 0 bridgehead atoms. The highest BCUT2D eigenvalue weighted by atomic mass is 16.5. The topological polar surface area (TPSA) is 136 Å². The van der Waals surface area contributed by atoms with Crippen LogP contribution in [0.1, 0.15) is 23.6 Å². The molecule has 3 rings (SSSR count). The Labute approximate surface area is 149 Å². The van der Waals surface area contributed by atoms with Crippen molar-refractivity contribution in [3.63, 3.8) is 0 Å². The molecule has 2 aromatic rings. The van der Waals surface area contributed by atoms with E-state index >= 15 is 0 Å². The highest BCUT2D eigenvalue weighted by Crippen LogP contribution is 2.34. The molecule has 0 fully saturated rings. The summed E-state index contributed by atoms with van der Waals surface area (Å²) in [4.78, 5) is 16.4. The minimum atomic E-state index is -0.454. The summed E-state index contributed by atoms with van der Waals surface area (Å²) in [6, 6.07) is 5.19. The van der Waals surface area contributed by atoms with Crippen molar-refractivity contribution >= 4 is 11.7 Å². The Hall–Kier alpha value is -3.27. The third-order valence-electron chi connectivity index (χ3n) is 4.25. The SMILES string of the molecule is COc1ccc(OC)c(C2CC(c3c(O)nc(NN)n(C)c3=O)=NN2)c1. The van der Waals surface area contributed by atoms with E-state index in [1.165, 1.54) is 11.6 Å². The number of methoxy groups -OCH3 is 2. The molecule has 1 atom stereocenters. The fourth-order valence-electron chi connectivity index (χ4n) is 2.86. The van der Waals surface area contributed by atoms with Crippen LogP contribution in [0.15, 0.2) is 28.1 Å². The predicted octanol–water partition coefficient (Wildman–Crippen LogP) is 0.227. The van der Waals surface area contributed by atoms with Crippen LogP contribution < -0.4 is 31.7 Å². The first kappa shape index (κ1) is 17.5. The van der Waals surface area contributed by atoms with E-state index in [9.17, 15) is 9.90 Å². The molecular formula is C16H20N6O4. The van der Waals surface area contributed by atoms with E-state index < -0.39 is 11.4 Å². The van der Waals surface area contributed by atoms with E-state index in [2.05, 4.69) is 20.9 Å². The van der Waals surface area contributed by atoms with Crippen molar-refractivity contribution in [3.05, 3.63) is 39.7 Å². The Kier molecular flexibility index (Phi) is 4.67. The van der Waals surface area contributed by atoms with Crippen molar-refractivity contribution < 1.29 is 14.6 Å². The third kappa shape index (κ3) is 2.90. The number of nitrogens with two attached hydrogens (primary N) is 1. The van der Waals surface area contributed by atoms with Crippen LogP contribution in [0, 0.1) is 0 Å². The average Bonchev–Trinajstić information content (AvgIpc) is 3.13. The van der Waals surface area contributed by atoms with Crippen LogP contribution in [0.25, 0.3) is 0 Å². The van der Waals surface area contributed by atoms with Gasteiger partial charge in [-0.25, -0.2) is 5.84 Å². The average molecular weight is 360 g/mol. The van der Waals surface area contributed by atoms with Gasteiger partial charge in [-0.2, -0.15) is 10.1 Å². The Balaban J connectivity index is 1.95. The van der Waals surface area contributed by atoms with Crippen molar-refractivity contribution in [3.8, 4) is 17.4 Å². The molecule has 2 heterocycles. The van der Waals surface area contributed by atoms with Gasteiger partial charge in [0.2, 0.25) is 11.8 Å². The second-order valence-electron chi connectivity index (χ2n) is 5.69. The molecule has 1 aliphatic heterocycles. The molecule has 26 heavy (non-hydrogen) atoms. The van der Waals surface area contributed by atoms with Crippen molar-refractivity contribution in [1.29, 1.82) is 0 Å². The lowest BCUT2D eigenvalue weighted by atomic mass is 9.99. The highest BCUT2D eigenvalue weighted by Gasteiger charge is 2.29. The zero-order valence-electron chi connectivity index (χ0n) is 14.6. The van der Waals surface area contributed by atoms with Crippen LogP contribution >= 0.6 is 0 Å². The van der Waals surface area contributed by atoms with Gasteiger partial charge in [0.1, 0.15) is 17.1 Å². The largest absolute Gasteiger partial charge is 0.497 e. The smallest absolute Gasteiger partial charge is 0.267 e. The van der Waals surface area contributed by atoms with Gasteiger partial charge in [-0.05, 0) is 18.2 Å². The van der Waals surface area contributed by atoms with Crippen LogP contribution in [0.3, 0.4) is 0 Å². The summed E-state index contributed by atoms with van der Waals surface area (Å²) in [5.74, 6) is 6.26. The maximum atomic E-state index is 12.5. The number of hydrazone groups is 1. The van der Waals surface area contributed by atoms with Crippen molar-refractivity contribution in [2.24, 2.45) is 18.0 Å². The number of hydrogen-bond donors (Lipinski definition) is 4. The van der Waals surface area contributed by atoms with Crippen molar-refractivity contribution in [1.82, 2.24) is 15.0 Å². The molecular weight excluding hydrogens is 340 g/mol. The minimum absolute atomic E-state index is 0.0309. The summed E-state index contributed by atoms with van der Waals surface area (Å²) in [6.07, 6.45) is 0.364. The second kappa shape index (κ2) is 6.92. The molecule has 0 radical (unpaired) electrons. The van der Waals surface area contributed by atoms with Gasteiger partial charge in [0, 0.05) is 19.0 Å². The Morgan fingerprint density at radius 1 is 1.38 bits per heavy atom. The lowest BCUT2D eigenvalue weighted by molar-refractivity contribution is 0.392. The zero-order valence-corrected chi connectivity index (χ0v) is 14.6. The fraction of sp³-hybridized carbons (Fsp3) is 0.312. The van der Waals surface area contributed by atoms with Gasteiger partial charge in [0.25, 0.3) is 5.56 Å². The summed E-state index contributed by atoms with van der Waals surface area (Å²) in [5.41, 5.74) is 6.04. The van der Waals surface area contributed by atoms with Gasteiger partial charge >= 0.3 is 0 Å². The summed E-state index contributed by atoms with van der Waals surface area (Å²) < 4.78 is 11.9. The molecule has 0 aliphatic carbocycles. The van der Waals surface area contributed by atoms with Gasteiger partial charge in [0.15, 0.2) is 0 Å². The minimum Gasteiger partial charge on any atom is -0.497 e. The number of nitrogens with one attached hydrogen (secondary N) is 2. The molecule has 1 unspecified atom stereocenters. The molecule has 10 heteroatoms. The van der Waals surface area contributed by atoms with Gasteiger partial charge in [0.05, 0.1) is 26.0 Å². The van der Waals surface area contributed by atoms with Crippen LogP contribution in [-0.4, -0.2) is 34.6 Å². The summed E-state index contributed by atoms with van der Waals surface area (Å²) in [6.45, 7) is 0. The predicted molar refractivity (Wildman–Crippen MR) is 95.5 cm³/mol. The molecule has 5 N–H and O–H groups in total. The van der Waals surface area contributed by atoms with E-state index in [1.54, 1.807) is 26.4 Å². The maximum Gasteiger partial charge on any atom is 0.267 e. The summed E-state index contributed by atoms with van der Waals surface area (Å²) >= 11 is 0. The number of nitrogens with zero attached hydrogens (tertiary/aromatic N) is 3. The van der Waals surface area contributed by atoms with Crippen LogP contribution in [-0.2, 0) is 7.05 Å². The number of rotatable bonds is 5. The molecule has 1 aliphatic rings. The number of benzene rings is 1. The van der Waals surface area contributed by atoms with Gasteiger partial charge in [-0.3, -0.25) is 14.8 Å². The van der Waals surface area contributed by atoms with Crippen LogP contribution in [0.2, 0.25) is 0 Å². The molecule has 1 aromatic heterocycles. The van der Waals surface area contributed by atoms with Gasteiger partial charge < -0.3 is 20.0 Å². The summed E-state index contributed by atoms with van der Waals surface area (Å²) in [5, 5.41) is 14.4. The van der Waals surface area contributed by atoms with E-state index in [0.717, 1.165) is 5.56 Å². The molecule has 1 aromatic carbocycles. The Morgan fingerprint density at radius 3 is 2.81 bits per heavy atom. The van der Waals surface area contributed by atoms with Gasteiger partial charge in [-0.1, -0.05) is 0 Å². The Morgan fingerprint density at radius 2 is 2.15 bits per heavy atom. The first-order chi connectivity index (χ1) is 12.5. The van der Waals surface area contributed by atoms with E-state index in [0.29, 0.717) is 23.6 Å². The number of ether oxygens (including phenoxy) is 2. The number of anilines is 1. The second-order valence-corrected chi connectivity index (χ2v) is 5.69. The van der Waals surface area contributed by atoms with E-state index in [1.807, 2.05) is 6.07 Å². The number of aromatic hydroxyl groups is 1. The number of aromatic nitrogens is 2.